The van der Waals surface area contributed by atoms with Crippen LogP contribution in [0.1, 0.15) is 12.5 Å². The van der Waals surface area contributed by atoms with Crippen LogP contribution < -0.4 is 16.3 Å². The highest BCUT2D eigenvalue weighted by atomic mass is 16.3. The zero-order valence-corrected chi connectivity index (χ0v) is 17.5. The van der Waals surface area contributed by atoms with E-state index < -0.39 is 23.0 Å². The van der Waals surface area contributed by atoms with Crippen LogP contribution in [0.15, 0.2) is 93.1 Å². The lowest BCUT2D eigenvalue weighted by Crippen LogP contribution is -2.30. The van der Waals surface area contributed by atoms with Gasteiger partial charge >= 0.3 is 5.69 Å². The van der Waals surface area contributed by atoms with Gasteiger partial charge in [0.1, 0.15) is 5.56 Å². The molecule has 4 aromatic rings. The zero-order valence-electron chi connectivity index (χ0n) is 17.5. The molecular weight excluding hydrogens is 420 g/mol. The number of anilines is 1. The summed E-state index contributed by atoms with van der Waals surface area (Å²) in [4.78, 5) is 40.4. The molecule has 8 heteroatoms. The van der Waals surface area contributed by atoms with Crippen molar-refractivity contribution in [2.45, 2.75) is 6.92 Å². The van der Waals surface area contributed by atoms with Crippen molar-refractivity contribution >= 4 is 34.2 Å². The number of H-pyrrole nitrogens is 1. The summed E-state index contributed by atoms with van der Waals surface area (Å²) in [6.45, 7) is 1.65. The van der Waals surface area contributed by atoms with Gasteiger partial charge in [0.2, 0.25) is 5.88 Å². The standard InChI is InChI=1S/C25H18N4O4/c1-15-19(24(32)29(27-15)21-13-7-9-16-8-5-6-12-18(16)21)14-20-22(30)26-25(33)28(23(20)31)17-10-3-2-4-11-17/h2-14,31H,1H3,(H,26,30,33). The summed E-state index contributed by atoms with van der Waals surface area (Å²) in [5, 5.41) is 18.3. The van der Waals surface area contributed by atoms with Crippen LogP contribution in [0.5, 0.6) is 5.88 Å². The lowest BCUT2D eigenvalue weighted by Gasteiger charge is -2.14. The van der Waals surface area contributed by atoms with Crippen molar-refractivity contribution in [2.24, 2.45) is 5.10 Å². The van der Waals surface area contributed by atoms with Gasteiger partial charge in [-0.2, -0.15) is 10.1 Å². The lowest BCUT2D eigenvalue weighted by atomic mass is 10.1. The van der Waals surface area contributed by atoms with Crippen LogP contribution in [0.3, 0.4) is 0 Å². The first-order valence-corrected chi connectivity index (χ1v) is 10.2. The maximum Gasteiger partial charge on any atom is 0.335 e. The normalized spacial score (nSPS) is 14.8. The van der Waals surface area contributed by atoms with Crippen LogP contribution in [0.25, 0.3) is 22.5 Å². The fraction of sp³-hybridized carbons (Fsp3) is 0.0400. The third-order valence-corrected chi connectivity index (χ3v) is 5.48. The molecule has 0 fully saturated rings. The van der Waals surface area contributed by atoms with E-state index >= 15 is 0 Å². The number of aromatic nitrogens is 2. The number of nitrogens with zero attached hydrogens (tertiary/aromatic N) is 3. The van der Waals surface area contributed by atoms with E-state index in [0.717, 1.165) is 15.3 Å². The molecule has 2 N–H and O–H groups in total. The van der Waals surface area contributed by atoms with E-state index in [2.05, 4.69) is 10.1 Å². The molecule has 8 nitrogen and oxygen atoms in total. The number of carbonyl (C=O) groups is 1. The highest BCUT2D eigenvalue weighted by Crippen LogP contribution is 2.32. The molecule has 1 aliphatic heterocycles. The summed E-state index contributed by atoms with van der Waals surface area (Å²) in [7, 11) is 0. The van der Waals surface area contributed by atoms with Gasteiger partial charge in [-0.25, -0.2) is 9.36 Å². The Kier molecular flexibility index (Phi) is 4.75. The number of aromatic hydroxyl groups is 1. The Labute approximate surface area is 187 Å². The molecule has 1 aromatic heterocycles. The van der Waals surface area contributed by atoms with Gasteiger partial charge in [0.15, 0.2) is 0 Å². The summed E-state index contributed by atoms with van der Waals surface area (Å²) >= 11 is 0. The highest BCUT2D eigenvalue weighted by molar-refractivity contribution is 6.33. The molecule has 1 aliphatic rings. The average Bonchev–Trinajstić information content (AvgIpc) is 3.09. The second-order valence-electron chi connectivity index (χ2n) is 7.53. The molecule has 0 saturated heterocycles. The van der Waals surface area contributed by atoms with E-state index in [4.69, 9.17) is 0 Å². The first-order chi connectivity index (χ1) is 16.0. The minimum Gasteiger partial charge on any atom is -0.494 e. The second-order valence-corrected chi connectivity index (χ2v) is 7.53. The molecular formula is C25H18N4O4. The maximum atomic E-state index is 13.3. The van der Waals surface area contributed by atoms with Crippen LogP contribution in [0, 0.1) is 0 Å². The Bertz CT molecular complexity index is 1590. The van der Waals surface area contributed by atoms with Gasteiger partial charge in [-0.3, -0.25) is 14.6 Å². The van der Waals surface area contributed by atoms with Gasteiger partial charge in [-0.1, -0.05) is 54.6 Å². The van der Waals surface area contributed by atoms with Gasteiger partial charge in [0.25, 0.3) is 11.5 Å². The first kappa shape index (κ1) is 20.2. The minimum absolute atomic E-state index is 0.141. The van der Waals surface area contributed by atoms with Crippen molar-refractivity contribution in [1.29, 1.82) is 0 Å². The number of hydrogen-bond acceptors (Lipinski definition) is 5. The quantitative estimate of drug-likeness (QED) is 0.479. The first-order valence-electron chi connectivity index (χ1n) is 10.2. The summed E-state index contributed by atoms with van der Waals surface area (Å²) in [5.41, 5.74) is -0.306. The Morgan fingerprint density at radius 2 is 1.61 bits per heavy atom. The van der Waals surface area contributed by atoms with E-state index in [1.54, 1.807) is 43.3 Å². The molecule has 162 valence electrons. The summed E-state index contributed by atoms with van der Waals surface area (Å²) in [6, 6.07) is 21.6. The van der Waals surface area contributed by atoms with Crippen LogP contribution in [0.4, 0.5) is 5.69 Å². The van der Waals surface area contributed by atoms with E-state index in [1.807, 2.05) is 36.4 Å². The number of fused-ring (bicyclic) bond motifs is 1. The number of carbonyl (C=O) groups excluding carboxylic acids is 1. The second kappa shape index (κ2) is 7.76. The fourth-order valence-electron chi connectivity index (χ4n) is 3.87. The lowest BCUT2D eigenvalue weighted by molar-refractivity contribution is -0.114. The molecule has 5 rings (SSSR count). The third-order valence-electron chi connectivity index (χ3n) is 5.48. The Balaban J connectivity index is 1.63. The van der Waals surface area contributed by atoms with Crippen LogP contribution in [0.2, 0.25) is 0 Å². The van der Waals surface area contributed by atoms with Gasteiger partial charge in [-0.15, -0.1) is 0 Å². The Hall–Kier alpha value is -4.72. The maximum absolute atomic E-state index is 13.3. The van der Waals surface area contributed by atoms with Crippen molar-refractivity contribution in [2.75, 3.05) is 5.01 Å². The molecule has 0 bridgehead atoms. The number of nitrogens with one attached hydrogen (secondary N) is 1. The molecule has 0 aliphatic carbocycles. The Morgan fingerprint density at radius 1 is 0.909 bits per heavy atom. The van der Waals surface area contributed by atoms with Crippen molar-refractivity contribution < 1.29 is 9.90 Å². The largest absolute Gasteiger partial charge is 0.494 e. The number of para-hydroxylation sites is 1. The van der Waals surface area contributed by atoms with E-state index in [9.17, 15) is 19.5 Å². The van der Waals surface area contributed by atoms with E-state index in [1.165, 1.54) is 11.1 Å². The van der Waals surface area contributed by atoms with Gasteiger partial charge in [-0.05, 0) is 36.6 Å². The zero-order chi connectivity index (χ0) is 23.1. The molecule has 0 unspecified atom stereocenters. The summed E-state index contributed by atoms with van der Waals surface area (Å²) in [5.74, 6) is -1.01. The molecule has 3 aromatic carbocycles. The number of rotatable bonds is 3. The molecule has 0 atom stereocenters. The van der Waals surface area contributed by atoms with Crippen molar-refractivity contribution in [3.05, 3.63) is 105 Å². The molecule has 33 heavy (non-hydrogen) atoms. The summed E-state index contributed by atoms with van der Waals surface area (Å²) in [6.07, 6.45) is 1.26. The minimum atomic E-state index is -0.804. The topological polar surface area (TPSA) is 108 Å². The number of hydrogen-bond donors (Lipinski definition) is 2. The molecule has 1 amide bonds. The molecule has 0 saturated carbocycles. The third kappa shape index (κ3) is 3.34. The molecule has 2 heterocycles. The van der Waals surface area contributed by atoms with Crippen LogP contribution in [-0.4, -0.2) is 26.3 Å². The van der Waals surface area contributed by atoms with Crippen molar-refractivity contribution in [1.82, 2.24) is 9.55 Å². The fourth-order valence-corrected chi connectivity index (χ4v) is 3.87. The SMILES string of the molecule is CC1=NN(c2cccc3ccccc23)C(=O)C1=Cc1c(O)n(-c2ccccc2)c(=O)[nH]c1=O. The van der Waals surface area contributed by atoms with Gasteiger partial charge in [0.05, 0.1) is 22.7 Å². The van der Waals surface area contributed by atoms with Crippen LogP contribution >= 0.6 is 0 Å². The van der Waals surface area contributed by atoms with Crippen molar-refractivity contribution in [3.63, 3.8) is 0 Å². The average molecular weight is 438 g/mol. The summed E-state index contributed by atoms with van der Waals surface area (Å²) < 4.78 is 0.974. The number of aromatic amines is 1. The molecule has 0 radical (unpaired) electrons. The predicted octanol–water partition coefficient (Wildman–Crippen LogP) is 3.19. The van der Waals surface area contributed by atoms with E-state index in [-0.39, 0.29) is 11.1 Å². The highest BCUT2D eigenvalue weighted by Gasteiger charge is 2.30. The van der Waals surface area contributed by atoms with Crippen molar-refractivity contribution in [3.8, 4) is 11.6 Å². The predicted molar refractivity (Wildman–Crippen MR) is 127 cm³/mol. The Morgan fingerprint density at radius 3 is 2.39 bits per heavy atom. The van der Waals surface area contributed by atoms with Crippen LogP contribution in [-0.2, 0) is 4.79 Å². The monoisotopic (exact) mass is 438 g/mol. The molecule has 0 spiro atoms. The number of amides is 1. The number of benzene rings is 3. The smallest absolute Gasteiger partial charge is 0.335 e. The van der Waals surface area contributed by atoms with Gasteiger partial charge in [0, 0.05) is 5.39 Å². The van der Waals surface area contributed by atoms with E-state index in [0.29, 0.717) is 17.1 Å². The number of hydrazone groups is 1. The van der Waals surface area contributed by atoms with Gasteiger partial charge < -0.3 is 5.11 Å².